The lowest BCUT2D eigenvalue weighted by Gasteiger charge is -2.15. The summed E-state index contributed by atoms with van der Waals surface area (Å²) in [5.41, 5.74) is 3.98. The number of fused-ring (bicyclic) bond motifs is 1. The summed E-state index contributed by atoms with van der Waals surface area (Å²) in [5, 5.41) is 28.3. The summed E-state index contributed by atoms with van der Waals surface area (Å²) < 4.78 is 5.86. The smallest absolute Gasteiger partial charge is 0.176 e. The van der Waals surface area contributed by atoms with Crippen LogP contribution >= 0.6 is 0 Å². The lowest BCUT2D eigenvalue weighted by atomic mass is 9.98. The zero-order valence-corrected chi connectivity index (χ0v) is 12.7. The van der Waals surface area contributed by atoms with E-state index >= 15 is 0 Å². The molecule has 0 saturated heterocycles. The Balaban J connectivity index is 2.33. The van der Waals surface area contributed by atoms with Gasteiger partial charge in [-0.1, -0.05) is 0 Å². The molecule has 0 radical (unpaired) electrons. The Labute approximate surface area is 128 Å². The number of nitrogens with one attached hydrogen (secondary N) is 1. The van der Waals surface area contributed by atoms with Crippen LogP contribution in [0.1, 0.15) is 16.7 Å². The predicted octanol–water partition coefficient (Wildman–Crippen LogP) is 3.87. The first kappa shape index (κ1) is 14.2. The van der Waals surface area contributed by atoms with Crippen LogP contribution in [-0.4, -0.2) is 10.2 Å². The number of hydrogen-bond donors (Lipinski definition) is 3. The molecule has 0 fully saturated rings. The van der Waals surface area contributed by atoms with Crippen LogP contribution in [0, 0.1) is 26.2 Å². The van der Waals surface area contributed by atoms with Crippen molar-refractivity contribution in [2.45, 2.75) is 20.8 Å². The number of phenolic OH excluding ortho intramolecular Hbond substituents is 1. The van der Waals surface area contributed by atoms with Crippen LogP contribution < -0.4 is 5.36 Å². The van der Waals surface area contributed by atoms with Crippen LogP contribution in [0.15, 0.2) is 34.7 Å². The zero-order chi connectivity index (χ0) is 16.0. The first-order chi connectivity index (χ1) is 10.4. The Morgan fingerprint density at radius 3 is 2.32 bits per heavy atom. The number of phenols is 1. The molecule has 2 aliphatic rings. The fourth-order valence-corrected chi connectivity index (χ4v) is 2.65. The van der Waals surface area contributed by atoms with Gasteiger partial charge in [-0.25, -0.2) is 0 Å². The maximum Gasteiger partial charge on any atom is 0.176 e. The monoisotopic (exact) mass is 295 g/mol. The molecule has 3 rings (SSSR count). The summed E-state index contributed by atoms with van der Waals surface area (Å²) in [5.74, 6) is 1.16. The van der Waals surface area contributed by atoms with Crippen molar-refractivity contribution in [2.24, 2.45) is 0 Å². The van der Waals surface area contributed by atoms with E-state index < -0.39 is 0 Å². The van der Waals surface area contributed by atoms with Crippen molar-refractivity contribution in [1.29, 1.82) is 5.41 Å². The van der Waals surface area contributed by atoms with Crippen molar-refractivity contribution in [3.05, 3.63) is 52.4 Å². The quantitative estimate of drug-likeness (QED) is 0.637. The molecule has 112 valence electrons. The van der Waals surface area contributed by atoms with Gasteiger partial charge in [0.2, 0.25) is 0 Å². The highest BCUT2D eigenvalue weighted by Crippen LogP contribution is 2.40. The number of hydrogen-bond acceptors (Lipinski definition) is 4. The molecule has 1 aromatic carbocycles. The zero-order valence-electron chi connectivity index (χ0n) is 12.7. The largest absolute Gasteiger partial charge is 0.508 e. The topological polar surface area (TPSA) is 77.5 Å². The van der Waals surface area contributed by atoms with Gasteiger partial charge in [0.05, 0.1) is 5.36 Å². The van der Waals surface area contributed by atoms with Crippen molar-refractivity contribution >= 4 is 0 Å². The Hall–Kier alpha value is -2.75. The molecule has 3 N–H and O–H groups in total. The van der Waals surface area contributed by atoms with E-state index in [4.69, 9.17) is 9.83 Å². The van der Waals surface area contributed by atoms with Gasteiger partial charge in [-0.3, -0.25) is 0 Å². The second-order valence-corrected chi connectivity index (χ2v) is 5.55. The molecule has 0 aromatic heterocycles. The third kappa shape index (κ3) is 2.13. The fraction of sp³-hybridized carbons (Fsp3) is 0.167. The third-order valence-electron chi connectivity index (χ3n) is 4.08. The minimum Gasteiger partial charge on any atom is -0.508 e. The lowest BCUT2D eigenvalue weighted by molar-refractivity contribution is 0.445. The summed E-state index contributed by atoms with van der Waals surface area (Å²) in [7, 11) is 0. The van der Waals surface area contributed by atoms with Crippen molar-refractivity contribution in [1.82, 2.24) is 0 Å². The van der Waals surface area contributed by atoms with Crippen molar-refractivity contribution < 1.29 is 14.6 Å². The molecule has 1 aliphatic heterocycles. The van der Waals surface area contributed by atoms with Crippen LogP contribution in [0.2, 0.25) is 0 Å². The third-order valence-corrected chi connectivity index (χ3v) is 4.08. The summed E-state index contributed by atoms with van der Waals surface area (Å²) in [6, 6.07) is 8.33. The number of aryl methyl sites for hydroxylation is 1. The molecule has 22 heavy (non-hydrogen) atoms. The molecule has 4 nitrogen and oxygen atoms in total. The highest BCUT2D eigenvalue weighted by atomic mass is 16.4. The van der Waals surface area contributed by atoms with Gasteiger partial charge in [-0.15, -0.1) is 0 Å². The Morgan fingerprint density at radius 1 is 0.864 bits per heavy atom. The van der Waals surface area contributed by atoms with Gasteiger partial charge in [0.15, 0.2) is 11.5 Å². The van der Waals surface area contributed by atoms with E-state index in [9.17, 15) is 10.2 Å². The molecule has 4 heteroatoms. The summed E-state index contributed by atoms with van der Waals surface area (Å²) in [6.45, 7) is 5.57. The predicted molar refractivity (Wildman–Crippen MR) is 84.2 cm³/mol. The molecule has 0 unspecified atom stereocenters. The van der Waals surface area contributed by atoms with E-state index in [0.29, 0.717) is 16.9 Å². The number of benzene rings is 2. The highest BCUT2D eigenvalue weighted by molar-refractivity contribution is 5.75. The molecular weight excluding hydrogens is 278 g/mol. The Morgan fingerprint density at radius 2 is 1.59 bits per heavy atom. The van der Waals surface area contributed by atoms with Gasteiger partial charge in [-0.05, 0) is 61.7 Å². The average molecular weight is 295 g/mol. The van der Waals surface area contributed by atoms with Crippen molar-refractivity contribution in [2.75, 3.05) is 0 Å². The second kappa shape index (κ2) is 4.91. The van der Waals surface area contributed by atoms with E-state index in [1.807, 2.05) is 20.8 Å². The van der Waals surface area contributed by atoms with Crippen molar-refractivity contribution in [3.8, 4) is 34.1 Å². The molecule has 0 amide bonds. The van der Waals surface area contributed by atoms with Crippen molar-refractivity contribution in [3.63, 3.8) is 0 Å². The molecule has 0 atom stereocenters. The summed E-state index contributed by atoms with van der Waals surface area (Å²) in [6.07, 6.45) is 0. The van der Waals surface area contributed by atoms with Crippen LogP contribution in [-0.2, 0) is 0 Å². The van der Waals surface area contributed by atoms with Gasteiger partial charge in [0, 0.05) is 17.2 Å². The molecule has 0 saturated carbocycles. The van der Waals surface area contributed by atoms with Gasteiger partial charge >= 0.3 is 0 Å². The normalized spacial score (nSPS) is 11.0. The highest BCUT2D eigenvalue weighted by Gasteiger charge is 2.18. The van der Waals surface area contributed by atoms with Gasteiger partial charge in [-0.2, -0.15) is 0 Å². The summed E-state index contributed by atoms with van der Waals surface area (Å²) >= 11 is 0. The minimum atomic E-state index is 0.0431. The van der Waals surface area contributed by atoms with E-state index in [2.05, 4.69) is 0 Å². The SMILES string of the molecule is Cc1cc(=N)cc2oc(-c3ccc(O)c(C)c3C)c(O)cc1-2. The molecule has 0 spiro atoms. The Kier molecular flexibility index (Phi) is 3.17. The molecular formula is C18H17NO3. The number of rotatable bonds is 1. The Bertz CT molecular complexity index is 909. The number of aromatic hydroxyl groups is 2. The van der Waals surface area contributed by atoms with Crippen LogP contribution in [0.25, 0.3) is 22.6 Å². The van der Waals surface area contributed by atoms with Crippen LogP contribution in [0.5, 0.6) is 11.5 Å². The molecule has 1 aromatic rings. The lowest BCUT2D eigenvalue weighted by Crippen LogP contribution is -2.02. The first-order valence-corrected chi connectivity index (χ1v) is 7.00. The fourth-order valence-electron chi connectivity index (χ4n) is 2.65. The first-order valence-electron chi connectivity index (χ1n) is 7.00. The van der Waals surface area contributed by atoms with E-state index in [1.54, 1.807) is 30.3 Å². The van der Waals surface area contributed by atoms with E-state index in [-0.39, 0.29) is 11.5 Å². The van der Waals surface area contributed by atoms with Crippen LogP contribution in [0.3, 0.4) is 0 Å². The molecule has 1 aliphatic carbocycles. The maximum absolute atomic E-state index is 10.3. The average Bonchev–Trinajstić information content (AvgIpc) is 2.46. The minimum absolute atomic E-state index is 0.0431. The van der Waals surface area contributed by atoms with E-state index in [0.717, 1.165) is 27.8 Å². The molecule has 1 heterocycles. The van der Waals surface area contributed by atoms with Gasteiger partial charge in [0.1, 0.15) is 11.5 Å². The second-order valence-electron chi connectivity index (χ2n) is 5.55. The standard InChI is InChI=1S/C18H17NO3/c1-9-6-12(19)7-17-14(9)8-16(21)18(22-17)13-4-5-15(20)11(3)10(13)2/h4-8,19-21H,1-3H3. The van der Waals surface area contributed by atoms with Gasteiger partial charge < -0.3 is 20.0 Å². The maximum atomic E-state index is 10.3. The molecule has 0 bridgehead atoms. The summed E-state index contributed by atoms with van der Waals surface area (Å²) in [4.78, 5) is 0. The van der Waals surface area contributed by atoms with Crippen LogP contribution in [0.4, 0.5) is 0 Å². The van der Waals surface area contributed by atoms with E-state index in [1.165, 1.54) is 0 Å². The van der Waals surface area contributed by atoms with Gasteiger partial charge in [0.25, 0.3) is 0 Å².